The van der Waals surface area contributed by atoms with Gasteiger partial charge in [-0.3, -0.25) is 0 Å². The normalized spacial score (nSPS) is 12.6. The molecule has 0 spiro atoms. The topological polar surface area (TPSA) is 36.4 Å². The number of aliphatic hydroxyl groups is 1. The molecule has 1 N–H and O–H groups in total. The summed E-state index contributed by atoms with van der Waals surface area (Å²) >= 11 is 0. The number of pyridine rings is 1. The van der Waals surface area contributed by atoms with Gasteiger partial charge >= 0.3 is 0 Å². The summed E-state index contributed by atoms with van der Waals surface area (Å²) in [5.74, 6) is 0.964. The van der Waals surface area contributed by atoms with Crippen molar-refractivity contribution in [3.05, 3.63) is 23.9 Å². The first-order valence-electron chi connectivity index (χ1n) is 4.90. The highest BCUT2D eigenvalue weighted by Gasteiger charge is 2.00. The minimum absolute atomic E-state index is 0.233. The quantitative estimate of drug-likeness (QED) is 0.788. The van der Waals surface area contributed by atoms with Gasteiger partial charge in [-0.15, -0.1) is 0 Å². The second-order valence-electron chi connectivity index (χ2n) is 3.81. The molecule has 1 unspecified atom stereocenters. The number of anilines is 1. The van der Waals surface area contributed by atoms with E-state index in [1.165, 1.54) is 5.56 Å². The van der Waals surface area contributed by atoms with Gasteiger partial charge in [0.1, 0.15) is 5.82 Å². The third-order valence-corrected chi connectivity index (χ3v) is 2.12. The molecule has 0 aliphatic carbocycles. The van der Waals surface area contributed by atoms with E-state index < -0.39 is 0 Å². The van der Waals surface area contributed by atoms with E-state index in [0.717, 1.165) is 18.7 Å². The number of aryl methyl sites for hydroxylation is 1. The molecule has 0 bridgehead atoms. The smallest absolute Gasteiger partial charge is 0.127 e. The Morgan fingerprint density at radius 1 is 1.43 bits per heavy atom. The van der Waals surface area contributed by atoms with Crippen molar-refractivity contribution in [3.63, 3.8) is 0 Å². The van der Waals surface area contributed by atoms with Gasteiger partial charge in [-0.05, 0) is 31.4 Å². The van der Waals surface area contributed by atoms with E-state index in [4.69, 9.17) is 5.11 Å². The number of hydrogen-bond donors (Lipinski definition) is 1. The Balaban J connectivity index is 2.55. The van der Waals surface area contributed by atoms with Gasteiger partial charge in [0.05, 0.1) is 6.10 Å². The Labute approximate surface area is 85.4 Å². The Hall–Kier alpha value is -1.09. The second kappa shape index (κ2) is 4.96. The minimum atomic E-state index is -0.233. The molecule has 1 aromatic heterocycles. The van der Waals surface area contributed by atoms with Crippen LogP contribution >= 0.6 is 0 Å². The fraction of sp³-hybridized carbons (Fsp3) is 0.545. The van der Waals surface area contributed by atoms with E-state index in [1.807, 2.05) is 38.2 Å². The third kappa shape index (κ3) is 3.34. The molecule has 1 heterocycles. The lowest BCUT2D eigenvalue weighted by molar-refractivity contribution is 0.185. The Morgan fingerprint density at radius 2 is 2.14 bits per heavy atom. The van der Waals surface area contributed by atoms with Crippen LogP contribution in [0, 0.1) is 0 Å². The molecule has 0 aromatic carbocycles. The summed E-state index contributed by atoms with van der Waals surface area (Å²) in [5.41, 5.74) is 1.18. The number of aromatic nitrogens is 1. The Bertz CT molecular complexity index is 267. The van der Waals surface area contributed by atoms with Gasteiger partial charge < -0.3 is 10.0 Å². The average Bonchev–Trinajstić information content (AvgIpc) is 2.15. The van der Waals surface area contributed by atoms with Crippen LogP contribution in [0.3, 0.4) is 0 Å². The maximum absolute atomic E-state index is 9.13. The summed E-state index contributed by atoms with van der Waals surface area (Å²) in [4.78, 5) is 6.27. The Kier molecular flexibility index (Phi) is 3.89. The largest absolute Gasteiger partial charge is 0.393 e. The van der Waals surface area contributed by atoms with Crippen molar-refractivity contribution < 1.29 is 5.11 Å². The van der Waals surface area contributed by atoms with Crippen molar-refractivity contribution in [2.75, 3.05) is 19.0 Å². The first kappa shape index (κ1) is 11.0. The predicted molar refractivity (Wildman–Crippen MR) is 58.6 cm³/mol. The van der Waals surface area contributed by atoms with Crippen LogP contribution in [-0.2, 0) is 6.42 Å². The van der Waals surface area contributed by atoms with Gasteiger partial charge in [0.15, 0.2) is 0 Å². The molecule has 3 heteroatoms. The lowest BCUT2D eigenvalue weighted by Crippen LogP contribution is -2.10. The summed E-state index contributed by atoms with van der Waals surface area (Å²) in [6, 6.07) is 4.06. The van der Waals surface area contributed by atoms with Crippen molar-refractivity contribution in [2.24, 2.45) is 0 Å². The molecule has 0 radical (unpaired) electrons. The second-order valence-corrected chi connectivity index (χ2v) is 3.81. The molecule has 0 aliphatic heterocycles. The monoisotopic (exact) mass is 194 g/mol. The van der Waals surface area contributed by atoms with Crippen molar-refractivity contribution in [2.45, 2.75) is 25.9 Å². The minimum Gasteiger partial charge on any atom is -0.393 e. The Morgan fingerprint density at radius 3 is 2.57 bits per heavy atom. The molecule has 0 fully saturated rings. The SMILES string of the molecule is CC(O)CCc1ccc(N(C)C)nc1. The standard InChI is InChI=1S/C11H18N2O/c1-9(14)4-5-10-6-7-11(12-8-10)13(2)3/h6-9,14H,4-5H2,1-3H3. The van der Waals surface area contributed by atoms with E-state index in [2.05, 4.69) is 11.1 Å². The van der Waals surface area contributed by atoms with Crippen LogP contribution in [0.2, 0.25) is 0 Å². The van der Waals surface area contributed by atoms with Crippen LogP contribution in [0.25, 0.3) is 0 Å². The fourth-order valence-electron chi connectivity index (χ4n) is 1.20. The zero-order valence-corrected chi connectivity index (χ0v) is 9.07. The zero-order valence-electron chi connectivity index (χ0n) is 9.07. The van der Waals surface area contributed by atoms with E-state index in [-0.39, 0.29) is 6.10 Å². The van der Waals surface area contributed by atoms with Crippen LogP contribution in [-0.4, -0.2) is 30.3 Å². The first-order chi connectivity index (χ1) is 6.59. The van der Waals surface area contributed by atoms with Gasteiger partial charge in [0.25, 0.3) is 0 Å². The number of hydrogen-bond acceptors (Lipinski definition) is 3. The molecule has 0 saturated heterocycles. The summed E-state index contributed by atoms with van der Waals surface area (Å²) in [6.07, 6.45) is 3.32. The molecule has 14 heavy (non-hydrogen) atoms. The average molecular weight is 194 g/mol. The molecule has 0 aliphatic rings. The van der Waals surface area contributed by atoms with Crippen molar-refractivity contribution >= 4 is 5.82 Å². The molecule has 1 aromatic rings. The number of rotatable bonds is 4. The van der Waals surface area contributed by atoms with Crippen LogP contribution in [0.5, 0.6) is 0 Å². The summed E-state index contributed by atoms with van der Waals surface area (Å²) in [5, 5.41) is 9.13. The lowest BCUT2D eigenvalue weighted by atomic mass is 10.1. The van der Waals surface area contributed by atoms with Crippen LogP contribution in [0.4, 0.5) is 5.82 Å². The van der Waals surface area contributed by atoms with Crippen LogP contribution in [0.1, 0.15) is 18.9 Å². The molecule has 1 atom stereocenters. The molecular weight excluding hydrogens is 176 g/mol. The number of nitrogens with zero attached hydrogens (tertiary/aromatic N) is 2. The molecule has 3 nitrogen and oxygen atoms in total. The molecule has 78 valence electrons. The molecule has 1 rings (SSSR count). The van der Waals surface area contributed by atoms with E-state index in [1.54, 1.807) is 0 Å². The van der Waals surface area contributed by atoms with Crippen molar-refractivity contribution in [1.29, 1.82) is 0 Å². The van der Waals surface area contributed by atoms with E-state index in [9.17, 15) is 0 Å². The van der Waals surface area contributed by atoms with E-state index >= 15 is 0 Å². The van der Waals surface area contributed by atoms with Gasteiger partial charge in [-0.2, -0.15) is 0 Å². The predicted octanol–water partition coefficient (Wildman–Crippen LogP) is 1.46. The first-order valence-corrected chi connectivity index (χ1v) is 4.90. The summed E-state index contributed by atoms with van der Waals surface area (Å²) in [6.45, 7) is 1.81. The highest BCUT2D eigenvalue weighted by Crippen LogP contribution is 2.09. The van der Waals surface area contributed by atoms with Crippen molar-refractivity contribution in [1.82, 2.24) is 4.98 Å². The van der Waals surface area contributed by atoms with Gasteiger partial charge in [-0.25, -0.2) is 4.98 Å². The zero-order chi connectivity index (χ0) is 10.6. The van der Waals surface area contributed by atoms with Gasteiger partial charge in [0.2, 0.25) is 0 Å². The van der Waals surface area contributed by atoms with Crippen molar-refractivity contribution in [3.8, 4) is 0 Å². The maximum Gasteiger partial charge on any atom is 0.127 e. The number of aliphatic hydroxyl groups excluding tert-OH is 1. The fourth-order valence-corrected chi connectivity index (χ4v) is 1.20. The van der Waals surface area contributed by atoms with Crippen LogP contribution in [0.15, 0.2) is 18.3 Å². The molecule has 0 amide bonds. The maximum atomic E-state index is 9.13. The van der Waals surface area contributed by atoms with Gasteiger partial charge in [-0.1, -0.05) is 6.07 Å². The van der Waals surface area contributed by atoms with Crippen LogP contribution < -0.4 is 4.90 Å². The summed E-state index contributed by atoms with van der Waals surface area (Å²) < 4.78 is 0. The highest BCUT2D eigenvalue weighted by molar-refractivity contribution is 5.37. The molecular formula is C11H18N2O. The lowest BCUT2D eigenvalue weighted by Gasteiger charge is -2.11. The van der Waals surface area contributed by atoms with E-state index in [0.29, 0.717) is 0 Å². The third-order valence-electron chi connectivity index (χ3n) is 2.12. The highest BCUT2D eigenvalue weighted by atomic mass is 16.3. The van der Waals surface area contributed by atoms with Gasteiger partial charge in [0, 0.05) is 20.3 Å². The molecule has 0 saturated carbocycles. The summed E-state index contributed by atoms with van der Waals surface area (Å²) in [7, 11) is 3.94.